The van der Waals surface area contributed by atoms with E-state index in [2.05, 4.69) is 9.97 Å². The van der Waals surface area contributed by atoms with E-state index < -0.39 is 17.5 Å². The molecule has 4 nitrogen and oxygen atoms in total. The van der Waals surface area contributed by atoms with Crippen molar-refractivity contribution >= 4 is 23.4 Å². The number of halogens is 3. The molecular formula is C18H10ClF2N3OS. The summed E-state index contributed by atoms with van der Waals surface area (Å²) >= 11 is 6.88. The minimum Gasteiger partial charge on any atom is -0.492 e. The summed E-state index contributed by atoms with van der Waals surface area (Å²) in [6, 6.07) is 12.3. The fourth-order valence-electron chi connectivity index (χ4n) is 2.22. The minimum atomic E-state index is -0.937. The predicted octanol–water partition coefficient (Wildman–Crippen LogP) is 4.94. The van der Waals surface area contributed by atoms with Crippen LogP contribution < -0.4 is 0 Å². The van der Waals surface area contributed by atoms with Crippen molar-refractivity contribution in [2.45, 2.75) is 10.9 Å². The molecule has 0 aliphatic heterocycles. The second kappa shape index (κ2) is 7.68. The molecule has 0 aliphatic rings. The topological polar surface area (TPSA) is 69.8 Å². The van der Waals surface area contributed by atoms with Crippen LogP contribution in [0.1, 0.15) is 11.1 Å². The van der Waals surface area contributed by atoms with Crippen LogP contribution in [0.2, 0.25) is 5.02 Å². The van der Waals surface area contributed by atoms with Crippen LogP contribution in [0.25, 0.3) is 11.3 Å². The molecule has 1 N–H and O–H groups in total. The number of rotatable bonds is 4. The van der Waals surface area contributed by atoms with Crippen molar-refractivity contribution in [2.75, 3.05) is 0 Å². The molecule has 1 heterocycles. The molecule has 1 aromatic heterocycles. The molecule has 0 bridgehead atoms. The molecule has 0 spiro atoms. The van der Waals surface area contributed by atoms with E-state index in [1.807, 2.05) is 6.07 Å². The largest absolute Gasteiger partial charge is 0.492 e. The van der Waals surface area contributed by atoms with E-state index in [1.165, 1.54) is 12.1 Å². The van der Waals surface area contributed by atoms with Gasteiger partial charge in [-0.1, -0.05) is 47.6 Å². The summed E-state index contributed by atoms with van der Waals surface area (Å²) in [5.41, 5.74) is 0.880. The lowest BCUT2D eigenvalue weighted by molar-refractivity contribution is 0.444. The van der Waals surface area contributed by atoms with Gasteiger partial charge in [0.1, 0.15) is 11.6 Å². The van der Waals surface area contributed by atoms with Gasteiger partial charge in [-0.3, -0.25) is 0 Å². The van der Waals surface area contributed by atoms with Crippen LogP contribution in [0, 0.1) is 23.0 Å². The maximum atomic E-state index is 13.8. The molecule has 2 aromatic carbocycles. The lowest BCUT2D eigenvalue weighted by Crippen LogP contribution is -1.98. The molecule has 130 valence electrons. The predicted molar refractivity (Wildman–Crippen MR) is 94.8 cm³/mol. The van der Waals surface area contributed by atoms with Gasteiger partial charge >= 0.3 is 0 Å². The maximum absolute atomic E-state index is 13.8. The average molecular weight is 390 g/mol. The zero-order valence-corrected chi connectivity index (χ0v) is 14.7. The molecule has 3 rings (SSSR count). The highest BCUT2D eigenvalue weighted by Crippen LogP contribution is 2.31. The third-order valence-corrected chi connectivity index (χ3v) is 4.64. The Morgan fingerprint density at radius 2 is 1.85 bits per heavy atom. The Kier molecular flexibility index (Phi) is 5.35. The molecule has 0 fully saturated rings. The zero-order valence-electron chi connectivity index (χ0n) is 13.1. The average Bonchev–Trinajstić information content (AvgIpc) is 2.63. The Morgan fingerprint density at radius 3 is 2.54 bits per heavy atom. The van der Waals surface area contributed by atoms with Gasteiger partial charge in [-0.2, -0.15) is 10.2 Å². The number of benzene rings is 2. The van der Waals surface area contributed by atoms with Crippen LogP contribution in [0.4, 0.5) is 8.78 Å². The summed E-state index contributed by atoms with van der Waals surface area (Å²) in [5, 5.41) is 20.0. The monoisotopic (exact) mass is 389 g/mol. The van der Waals surface area contributed by atoms with Crippen LogP contribution >= 0.6 is 23.4 Å². The van der Waals surface area contributed by atoms with E-state index >= 15 is 0 Å². The van der Waals surface area contributed by atoms with Gasteiger partial charge in [0.2, 0.25) is 5.88 Å². The van der Waals surface area contributed by atoms with Gasteiger partial charge < -0.3 is 5.11 Å². The van der Waals surface area contributed by atoms with Crippen LogP contribution in [0.3, 0.4) is 0 Å². The number of nitrogens with zero attached hydrogens (tertiary/aromatic N) is 3. The summed E-state index contributed by atoms with van der Waals surface area (Å²) in [5.74, 6) is -2.28. The smallest absolute Gasteiger partial charge is 0.233 e. The summed E-state index contributed by atoms with van der Waals surface area (Å²) in [7, 11) is 0. The molecule has 0 unspecified atom stereocenters. The highest BCUT2D eigenvalue weighted by atomic mass is 35.5. The Bertz CT molecular complexity index is 1010. The van der Waals surface area contributed by atoms with Crippen molar-refractivity contribution in [1.82, 2.24) is 9.97 Å². The highest BCUT2D eigenvalue weighted by Gasteiger charge is 2.17. The first-order valence-electron chi connectivity index (χ1n) is 7.32. The third-order valence-electron chi connectivity index (χ3n) is 3.49. The highest BCUT2D eigenvalue weighted by molar-refractivity contribution is 7.98. The van der Waals surface area contributed by atoms with Gasteiger partial charge in [0, 0.05) is 21.9 Å². The van der Waals surface area contributed by atoms with Crippen molar-refractivity contribution in [3.8, 4) is 23.2 Å². The number of hydrogen-bond acceptors (Lipinski definition) is 5. The first kappa shape index (κ1) is 18.1. The Labute approximate surface area is 157 Å². The van der Waals surface area contributed by atoms with E-state index in [-0.39, 0.29) is 27.7 Å². The molecule has 0 saturated carbocycles. The van der Waals surface area contributed by atoms with Crippen molar-refractivity contribution in [3.63, 3.8) is 0 Å². The van der Waals surface area contributed by atoms with Crippen molar-refractivity contribution in [3.05, 3.63) is 70.2 Å². The van der Waals surface area contributed by atoms with Gasteiger partial charge in [-0.05, 0) is 18.2 Å². The lowest BCUT2D eigenvalue weighted by Gasteiger charge is -2.08. The Balaban J connectivity index is 1.95. The number of thioether (sulfide) groups is 1. The SMILES string of the molecule is N#Cc1c(O)nc(SCc2cccc(F)c2F)nc1-c1ccc(Cl)cc1. The minimum absolute atomic E-state index is 0.0645. The van der Waals surface area contributed by atoms with Crippen LogP contribution in [-0.2, 0) is 5.75 Å². The third kappa shape index (κ3) is 3.77. The molecule has 0 saturated heterocycles. The van der Waals surface area contributed by atoms with E-state index in [4.69, 9.17) is 11.6 Å². The molecule has 0 aliphatic carbocycles. The van der Waals surface area contributed by atoms with E-state index in [1.54, 1.807) is 24.3 Å². The second-order valence-corrected chi connectivity index (χ2v) is 6.55. The summed E-state index contributed by atoms with van der Waals surface area (Å²) in [6.07, 6.45) is 0. The molecule has 8 heteroatoms. The van der Waals surface area contributed by atoms with Crippen molar-refractivity contribution < 1.29 is 13.9 Å². The fraction of sp³-hybridized carbons (Fsp3) is 0.0556. The number of hydrogen-bond donors (Lipinski definition) is 1. The van der Waals surface area contributed by atoms with Crippen LogP contribution in [0.15, 0.2) is 47.6 Å². The lowest BCUT2D eigenvalue weighted by atomic mass is 10.1. The zero-order chi connectivity index (χ0) is 18.7. The molecule has 3 aromatic rings. The molecule has 26 heavy (non-hydrogen) atoms. The number of aromatic nitrogens is 2. The van der Waals surface area contributed by atoms with E-state index in [0.29, 0.717) is 10.6 Å². The van der Waals surface area contributed by atoms with Crippen molar-refractivity contribution in [1.29, 1.82) is 5.26 Å². The molecule has 0 atom stereocenters. The maximum Gasteiger partial charge on any atom is 0.233 e. The second-order valence-electron chi connectivity index (χ2n) is 5.17. The van der Waals surface area contributed by atoms with E-state index in [0.717, 1.165) is 17.8 Å². The summed E-state index contributed by atoms with van der Waals surface area (Å²) < 4.78 is 27.0. The van der Waals surface area contributed by atoms with Gasteiger partial charge in [-0.15, -0.1) is 0 Å². The Hall–Kier alpha value is -2.69. The molecule has 0 radical (unpaired) electrons. The first-order chi connectivity index (χ1) is 12.5. The normalized spacial score (nSPS) is 10.5. The van der Waals surface area contributed by atoms with Crippen LogP contribution in [-0.4, -0.2) is 15.1 Å². The number of aromatic hydroxyl groups is 1. The van der Waals surface area contributed by atoms with Gasteiger partial charge in [0.15, 0.2) is 16.8 Å². The number of nitriles is 1. The summed E-state index contributed by atoms with van der Waals surface area (Å²) in [4.78, 5) is 8.14. The standard InChI is InChI=1S/C18H10ClF2N3OS/c19-12-6-4-10(5-7-12)16-13(8-22)17(25)24-18(23-16)26-9-11-2-1-3-14(20)15(11)21/h1-7H,9H2,(H,23,24,25). The molecule has 0 amide bonds. The Morgan fingerprint density at radius 1 is 1.12 bits per heavy atom. The van der Waals surface area contributed by atoms with Gasteiger partial charge in [0.05, 0.1) is 5.69 Å². The molecular weight excluding hydrogens is 380 g/mol. The first-order valence-corrected chi connectivity index (χ1v) is 8.68. The van der Waals surface area contributed by atoms with E-state index in [9.17, 15) is 19.1 Å². The van der Waals surface area contributed by atoms with Gasteiger partial charge in [-0.25, -0.2) is 13.8 Å². The quantitative estimate of drug-likeness (QED) is 0.505. The van der Waals surface area contributed by atoms with Gasteiger partial charge in [0.25, 0.3) is 0 Å². The summed E-state index contributed by atoms with van der Waals surface area (Å²) in [6.45, 7) is 0. The van der Waals surface area contributed by atoms with Crippen LogP contribution in [0.5, 0.6) is 5.88 Å². The fourth-order valence-corrected chi connectivity index (χ4v) is 3.16. The van der Waals surface area contributed by atoms with Crippen molar-refractivity contribution in [2.24, 2.45) is 0 Å².